The van der Waals surface area contributed by atoms with Gasteiger partial charge in [0.1, 0.15) is 0 Å². The zero-order valence-electron chi connectivity index (χ0n) is 9.65. The molecule has 3 rings (SSSR count). The van der Waals surface area contributed by atoms with Crippen molar-refractivity contribution in [3.8, 4) is 0 Å². The van der Waals surface area contributed by atoms with E-state index in [0.29, 0.717) is 6.04 Å². The van der Waals surface area contributed by atoms with Crippen LogP contribution in [0.1, 0.15) is 31.4 Å². The van der Waals surface area contributed by atoms with Gasteiger partial charge in [-0.2, -0.15) is 0 Å². The van der Waals surface area contributed by atoms with E-state index < -0.39 is 0 Å². The van der Waals surface area contributed by atoms with Gasteiger partial charge in [-0.25, -0.2) is 4.98 Å². The molecule has 2 unspecified atom stereocenters. The van der Waals surface area contributed by atoms with Crippen LogP contribution in [-0.4, -0.2) is 40.0 Å². The maximum atomic E-state index is 4.04. The second kappa shape index (κ2) is 4.55. The third kappa shape index (κ3) is 1.99. The van der Waals surface area contributed by atoms with Gasteiger partial charge >= 0.3 is 0 Å². The summed E-state index contributed by atoms with van der Waals surface area (Å²) in [5, 5.41) is 3.67. The highest BCUT2D eigenvalue weighted by molar-refractivity contribution is 4.98. The highest BCUT2D eigenvalue weighted by Crippen LogP contribution is 2.27. The normalized spacial score (nSPS) is 30.5. The predicted molar refractivity (Wildman–Crippen MR) is 63.0 cm³/mol. The molecule has 2 aliphatic heterocycles. The fraction of sp³-hybridized carbons (Fsp3) is 0.750. The number of nitrogens with zero attached hydrogens (tertiary/aromatic N) is 2. The summed E-state index contributed by atoms with van der Waals surface area (Å²) in [7, 11) is 0. The monoisotopic (exact) mass is 220 g/mol. The molecule has 2 atom stereocenters. The first kappa shape index (κ1) is 10.3. The quantitative estimate of drug-likeness (QED) is 0.802. The summed E-state index contributed by atoms with van der Waals surface area (Å²) in [5.41, 5.74) is 1.19. The molecule has 0 bridgehead atoms. The zero-order chi connectivity index (χ0) is 10.8. The van der Waals surface area contributed by atoms with Crippen LogP contribution in [0.3, 0.4) is 0 Å². The van der Waals surface area contributed by atoms with Crippen molar-refractivity contribution in [3.05, 3.63) is 18.2 Å². The van der Waals surface area contributed by atoms with Crippen LogP contribution in [-0.2, 0) is 6.54 Å². The first-order valence-corrected chi connectivity index (χ1v) is 6.38. The molecule has 2 aliphatic rings. The summed E-state index contributed by atoms with van der Waals surface area (Å²) in [6.45, 7) is 3.52. The van der Waals surface area contributed by atoms with Crippen molar-refractivity contribution in [3.63, 3.8) is 0 Å². The number of H-pyrrole nitrogens is 1. The lowest BCUT2D eigenvalue weighted by molar-refractivity contribution is 0.180. The van der Waals surface area contributed by atoms with Crippen LogP contribution in [0.4, 0.5) is 0 Å². The molecule has 4 nitrogen and oxygen atoms in total. The van der Waals surface area contributed by atoms with Crippen molar-refractivity contribution in [1.29, 1.82) is 0 Å². The Balaban J connectivity index is 1.55. The zero-order valence-corrected chi connectivity index (χ0v) is 9.65. The molecule has 16 heavy (non-hydrogen) atoms. The molecule has 88 valence electrons. The molecule has 0 saturated carbocycles. The molecule has 1 aromatic rings. The third-order valence-corrected chi connectivity index (χ3v) is 3.97. The maximum absolute atomic E-state index is 4.04. The SMILES string of the molecule is c1ncc(CNC2CCN3CCCCC23)[nH]1. The number of aromatic amines is 1. The van der Waals surface area contributed by atoms with E-state index in [0.717, 1.165) is 12.6 Å². The highest BCUT2D eigenvalue weighted by atomic mass is 15.2. The van der Waals surface area contributed by atoms with Crippen LogP contribution in [0, 0.1) is 0 Å². The van der Waals surface area contributed by atoms with Gasteiger partial charge in [0.15, 0.2) is 0 Å². The van der Waals surface area contributed by atoms with Gasteiger partial charge in [-0.3, -0.25) is 4.90 Å². The van der Waals surface area contributed by atoms with E-state index in [1.54, 1.807) is 6.33 Å². The first-order valence-electron chi connectivity index (χ1n) is 6.38. The van der Waals surface area contributed by atoms with Crippen molar-refractivity contribution >= 4 is 0 Å². The van der Waals surface area contributed by atoms with Gasteiger partial charge in [-0.15, -0.1) is 0 Å². The van der Waals surface area contributed by atoms with Gasteiger partial charge in [0.05, 0.1) is 6.33 Å². The number of fused-ring (bicyclic) bond motifs is 1. The Kier molecular flexibility index (Phi) is 2.93. The molecule has 1 aromatic heterocycles. The summed E-state index contributed by atoms with van der Waals surface area (Å²) < 4.78 is 0. The molecule has 2 N–H and O–H groups in total. The Morgan fingerprint density at radius 2 is 2.38 bits per heavy atom. The lowest BCUT2D eigenvalue weighted by Crippen LogP contribution is -2.44. The van der Waals surface area contributed by atoms with Gasteiger partial charge in [0, 0.05) is 37.1 Å². The first-order chi connectivity index (χ1) is 7.93. The van der Waals surface area contributed by atoms with Crippen molar-refractivity contribution in [2.45, 2.75) is 44.3 Å². The standard InChI is InChI=1S/C12H20N4/c1-2-5-16-6-4-11(12(16)3-1)14-8-10-7-13-9-15-10/h7,9,11-12,14H,1-6,8H2,(H,13,15). The van der Waals surface area contributed by atoms with E-state index in [1.807, 2.05) is 6.20 Å². The molecule has 0 aliphatic carbocycles. The van der Waals surface area contributed by atoms with E-state index in [4.69, 9.17) is 0 Å². The van der Waals surface area contributed by atoms with E-state index in [-0.39, 0.29) is 0 Å². The topological polar surface area (TPSA) is 44.0 Å². The number of imidazole rings is 1. The van der Waals surface area contributed by atoms with Crippen LogP contribution in [0.25, 0.3) is 0 Å². The number of nitrogens with one attached hydrogen (secondary N) is 2. The predicted octanol–water partition coefficient (Wildman–Crippen LogP) is 1.13. The molecule has 0 amide bonds. The van der Waals surface area contributed by atoms with Crippen molar-refractivity contribution < 1.29 is 0 Å². The van der Waals surface area contributed by atoms with Crippen LogP contribution in [0.5, 0.6) is 0 Å². The second-order valence-corrected chi connectivity index (χ2v) is 4.95. The molecule has 0 spiro atoms. The summed E-state index contributed by atoms with van der Waals surface area (Å²) in [5.74, 6) is 0. The minimum absolute atomic E-state index is 0.684. The molecule has 2 saturated heterocycles. The van der Waals surface area contributed by atoms with E-state index >= 15 is 0 Å². The minimum Gasteiger partial charge on any atom is -0.347 e. The Labute approximate surface area is 96.4 Å². The summed E-state index contributed by atoms with van der Waals surface area (Å²) in [6.07, 6.45) is 9.13. The number of aromatic nitrogens is 2. The Bertz CT molecular complexity index is 322. The smallest absolute Gasteiger partial charge is 0.0922 e. The van der Waals surface area contributed by atoms with Crippen molar-refractivity contribution in [2.75, 3.05) is 13.1 Å². The van der Waals surface area contributed by atoms with E-state index in [1.165, 1.54) is 44.5 Å². The van der Waals surface area contributed by atoms with Crippen LogP contribution in [0.15, 0.2) is 12.5 Å². The molecule has 2 fully saturated rings. The van der Waals surface area contributed by atoms with Crippen molar-refractivity contribution in [2.24, 2.45) is 0 Å². The molecular weight excluding hydrogens is 200 g/mol. The largest absolute Gasteiger partial charge is 0.347 e. The molecular formula is C12H20N4. The van der Waals surface area contributed by atoms with E-state index in [9.17, 15) is 0 Å². The van der Waals surface area contributed by atoms with Crippen LogP contribution >= 0.6 is 0 Å². The fourth-order valence-corrected chi connectivity index (χ4v) is 3.11. The summed E-state index contributed by atoms with van der Waals surface area (Å²) in [4.78, 5) is 9.85. The molecule has 0 radical (unpaired) electrons. The number of piperidine rings is 1. The molecule has 4 heteroatoms. The summed E-state index contributed by atoms with van der Waals surface area (Å²) >= 11 is 0. The Hall–Kier alpha value is -0.870. The molecule has 0 aromatic carbocycles. The van der Waals surface area contributed by atoms with Gasteiger partial charge in [0.25, 0.3) is 0 Å². The highest BCUT2D eigenvalue weighted by Gasteiger charge is 2.34. The lowest BCUT2D eigenvalue weighted by atomic mass is 9.99. The lowest BCUT2D eigenvalue weighted by Gasteiger charge is -2.32. The van der Waals surface area contributed by atoms with Gasteiger partial charge in [-0.05, 0) is 25.8 Å². The average Bonchev–Trinajstić information content (AvgIpc) is 2.96. The summed E-state index contributed by atoms with van der Waals surface area (Å²) in [6, 6.07) is 1.47. The minimum atomic E-state index is 0.684. The van der Waals surface area contributed by atoms with E-state index in [2.05, 4.69) is 20.2 Å². The third-order valence-electron chi connectivity index (χ3n) is 3.97. The van der Waals surface area contributed by atoms with Crippen LogP contribution in [0.2, 0.25) is 0 Å². The number of rotatable bonds is 3. The molecule has 3 heterocycles. The van der Waals surface area contributed by atoms with Crippen LogP contribution < -0.4 is 5.32 Å². The van der Waals surface area contributed by atoms with Gasteiger partial charge in [0.2, 0.25) is 0 Å². The number of hydrogen-bond acceptors (Lipinski definition) is 3. The second-order valence-electron chi connectivity index (χ2n) is 4.95. The number of hydrogen-bond donors (Lipinski definition) is 2. The fourth-order valence-electron chi connectivity index (χ4n) is 3.11. The Morgan fingerprint density at radius 1 is 1.38 bits per heavy atom. The Morgan fingerprint density at radius 3 is 3.25 bits per heavy atom. The average molecular weight is 220 g/mol. The van der Waals surface area contributed by atoms with Crippen molar-refractivity contribution in [1.82, 2.24) is 20.2 Å². The van der Waals surface area contributed by atoms with Gasteiger partial charge < -0.3 is 10.3 Å². The maximum Gasteiger partial charge on any atom is 0.0922 e. The van der Waals surface area contributed by atoms with Gasteiger partial charge in [-0.1, -0.05) is 6.42 Å².